The number of carbonyl (C=O) groups excluding carboxylic acids is 2. The third-order valence-corrected chi connectivity index (χ3v) is 4.09. The zero-order chi connectivity index (χ0) is 20.7. The lowest BCUT2D eigenvalue weighted by atomic mass is 10.0. The van der Waals surface area contributed by atoms with Gasteiger partial charge in [0, 0.05) is 11.4 Å². The van der Waals surface area contributed by atoms with Crippen LogP contribution in [0.3, 0.4) is 0 Å². The molecule has 0 aromatic heterocycles. The molecule has 6 nitrogen and oxygen atoms in total. The molecule has 0 saturated carbocycles. The van der Waals surface area contributed by atoms with Gasteiger partial charge in [-0.1, -0.05) is 29.8 Å². The van der Waals surface area contributed by atoms with Gasteiger partial charge in [-0.2, -0.15) is 5.10 Å². The SMILES string of the molecule is C/C(CC(=O)Nc1c(C)cc(C)cc1C)=N/NC(=O)COc1cccc(C)c1. The van der Waals surface area contributed by atoms with Crippen LogP contribution in [0.2, 0.25) is 0 Å². The van der Waals surface area contributed by atoms with E-state index in [2.05, 4.69) is 15.8 Å². The molecule has 0 atom stereocenters. The number of nitrogens with one attached hydrogen (secondary N) is 2. The Morgan fingerprint density at radius 2 is 1.64 bits per heavy atom. The molecule has 0 heterocycles. The second-order valence-corrected chi connectivity index (χ2v) is 6.99. The van der Waals surface area contributed by atoms with Crippen molar-refractivity contribution < 1.29 is 14.3 Å². The Balaban J connectivity index is 1.83. The fourth-order valence-electron chi connectivity index (χ4n) is 2.88. The van der Waals surface area contributed by atoms with Crippen LogP contribution in [0.4, 0.5) is 5.69 Å². The van der Waals surface area contributed by atoms with Crippen molar-refractivity contribution in [3.05, 3.63) is 58.7 Å². The molecule has 0 radical (unpaired) electrons. The van der Waals surface area contributed by atoms with Gasteiger partial charge in [-0.15, -0.1) is 0 Å². The summed E-state index contributed by atoms with van der Waals surface area (Å²) in [7, 11) is 0. The van der Waals surface area contributed by atoms with E-state index in [1.807, 2.05) is 58.0 Å². The molecule has 0 aliphatic carbocycles. The number of anilines is 1. The van der Waals surface area contributed by atoms with E-state index in [-0.39, 0.29) is 24.8 Å². The van der Waals surface area contributed by atoms with Crippen LogP contribution in [-0.2, 0) is 9.59 Å². The average molecular weight is 381 g/mol. The van der Waals surface area contributed by atoms with Crippen LogP contribution in [0.5, 0.6) is 5.75 Å². The first-order chi connectivity index (χ1) is 13.2. The topological polar surface area (TPSA) is 79.8 Å². The molecule has 2 N–H and O–H groups in total. The lowest BCUT2D eigenvalue weighted by molar-refractivity contribution is -0.123. The van der Waals surface area contributed by atoms with Gasteiger partial charge in [0.05, 0.1) is 6.42 Å². The third-order valence-electron chi connectivity index (χ3n) is 4.09. The van der Waals surface area contributed by atoms with Crippen LogP contribution in [0, 0.1) is 27.7 Å². The summed E-state index contributed by atoms with van der Waals surface area (Å²) < 4.78 is 5.42. The van der Waals surface area contributed by atoms with Gasteiger partial charge in [0.25, 0.3) is 5.91 Å². The smallest absolute Gasteiger partial charge is 0.277 e. The summed E-state index contributed by atoms with van der Waals surface area (Å²) in [5.41, 5.74) is 7.97. The van der Waals surface area contributed by atoms with E-state index in [4.69, 9.17) is 4.74 Å². The number of nitrogens with zero attached hydrogens (tertiary/aromatic N) is 1. The molecule has 2 aromatic rings. The van der Waals surface area contributed by atoms with E-state index in [0.29, 0.717) is 11.5 Å². The van der Waals surface area contributed by atoms with Gasteiger partial charge in [0.15, 0.2) is 6.61 Å². The van der Waals surface area contributed by atoms with Crippen molar-refractivity contribution in [3.63, 3.8) is 0 Å². The fraction of sp³-hybridized carbons (Fsp3) is 0.318. The molecule has 2 amide bonds. The van der Waals surface area contributed by atoms with Crippen molar-refractivity contribution in [2.24, 2.45) is 5.10 Å². The maximum absolute atomic E-state index is 12.3. The Labute approximate surface area is 166 Å². The summed E-state index contributed by atoms with van der Waals surface area (Å²) in [6.45, 7) is 9.44. The molecule has 2 aromatic carbocycles. The minimum Gasteiger partial charge on any atom is -0.484 e. The highest BCUT2D eigenvalue weighted by atomic mass is 16.5. The first-order valence-electron chi connectivity index (χ1n) is 9.13. The van der Waals surface area contributed by atoms with Crippen molar-refractivity contribution in [2.45, 2.75) is 41.0 Å². The van der Waals surface area contributed by atoms with Crippen LogP contribution >= 0.6 is 0 Å². The number of ether oxygens (including phenoxy) is 1. The molecule has 6 heteroatoms. The predicted molar refractivity (Wildman–Crippen MR) is 112 cm³/mol. The van der Waals surface area contributed by atoms with E-state index in [1.54, 1.807) is 13.0 Å². The highest BCUT2D eigenvalue weighted by molar-refractivity contribution is 6.06. The monoisotopic (exact) mass is 381 g/mol. The summed E-state index contributed by atoms with van der Waals surface area (Å²) in [6, 6.07) is 11.5. The maximum atomic E-state index is 12.3. The standard InChI is InChI=1S/C22H27N3O3/c1-14-7-6-8-19(11-14)28-13-21(27)25-24-18(5)12-20(26)23-22-16(3)9-15(2)10-17(22)4/h6-11H,12-13H2,1-5H3,(H,23,26)(H,25,27)/b24-18-. The molecule has 0 bridgehead atoms. The molecule has 0 fully saturated rings. The van der Waals surface area contributed by atoms with Crippen LogP contribution in [0.1, 0.15) is 35.6 Å². The number of rotatable bonds is 7. The molecular formula is C22H27N3O3. The van der Waals surface area contributed by atoms with E-state index in [9.17, 15) is 9.59 Å². The quantitative estimate of drug-likeness (QED) is 0.565. The lowest BCUT2D eigenvalue weighted by Gasteiger charge is -2.12. The maximum Gasteiger partial charge on any atom is 0.277 e. The number of aryl methyl sites for hydroxylation is 4. The lowest BCUT2D eigenvalue weighted by Crippen LogP contribution is -2.26. The van der Waals surface area contributed by atoms with Gasteiger partial charge in [-0.05, 0) is 63.4 Å². The van der Waals surface area contributed by atoms with Crippen LogP contribution in [-0.4, -0.2) is 24.1 Å². The summed E-state index contributed by atoms with van der Waals surface area (Å²) >= 11 is 0. The molecular weight excluding hydrogens is 354 g/mol. The van der Waals surface area contributed by atoms with Gasteiger partial charge >= 0.3 is 0 Å². The Kier molecular flexibility index (Phi) is 7.32. The van der Waals surface area contributed by atoms with Crippen molar-refractivity contribution in [1.82, 2.24) is 5.43 Å². The average Bonchev–Trinajstić information content (AvgIpc) is 2.61. The summed E-state index contributed by atoms with van der Waals surface area (Å²) in [5.74, 6) is 0.0621. The first-order valence-corrected chi connectivity index (χ1v) is 9.13. The number of benzene rings is 2. The Morgan fingerprint density at radius 3 is 2.29 bits per heavy atom. The van der Waals surface area contributed by atoms with E-state index >= 15 is 0 Å². The number of carbonyl (C=O) groups is 2. The minimum absolute atomic E-state index is 0.0891. The largest absolute Gasteiger partial charge is 0.484 e. The second kappa shape index (κ2) is 9.69. The molecule has 2 rings (SSSR count). The van der Waals surface area contributed by atoms with Gasteiger partial charge in [-0.25, -0.2) is 5.43 Å². The summed E-state index contributed by atoms with van der Waals surface area (Å²) in [5, 5.41) is 6.89. The molecule has 0 spiro atoms. The Hall–Kier alpha value is -3.15. The summed E-state index contributed by atoms with van der Waals surface area (Å²) in [4.78, 5) is 24.1. The highest BCUT2D eigenvalue weighted by Gasteiger charge is 2.10. The third kappa shape index (κ3) is 6.54. The normalized spacial score (nSPS) is 11.1. The Bertz CT molecular complexity index is 881. The van der Waals surface area contributed by atoms with Crippen molar-refractivity contribution >= 4 is 23.2 Å². The second-order valence-electron chi connectivity index (χ2n) is 6.99. The van der Waals surface area contributed by atoms with Gasteiger partial charge in [0.2, 0.25) is 5.91 Å². The molecule has 148 valence electrons. The van der Waals surface area contributed by atoms with Crippen LogP contribution < -0.4 is 15.5 Å². The number of hydrogen-bond acceptors (Lipinski definition) is 4. The van der Waals surface area contributed by atoms with E-state index in [1.165, 1.54) is 0 Å². The molecule has 0 saturated heterocycles. The minimum atomic E-state index is -0.383. The summed E-state index contributed by atoms with van der Waals surface area (Å²) in [6.07, 6.45) is 0.0891. The number of amides is 2. The van der Waals surface area contributed by atoms with Crippen LogP contribution in [0.15, 0.2) is 41.5 Å². The highest BCUT2D eigenvalue weighted by Crippen LogP contribution is 2.22. The molecule has 0 unspecified atom stereocenters. The van der Waals surface area contributed by atoms with E-state index < -0.39 is 0 Å². The number of hydrogen-bond donors (Lipinski definition) is 2. The molecule has 28 heavy (non-hydrogen) atoms. The predicted octanol–water partition coefficient (Wildman–Crippen LogP) is 3.82. The van der Waals surface area contributed by atoms with Crippen LogP contribution in [0.25, 0.3) is 0 Å². The van der Waals surface area contributed by atoms with E-state index in [0.717, 1.165) is 27.9 Å². The zero-order valence-corrected chi connectivity index (χ0v) is 17.1. The molecule has 0 aliphatic heterocycles. The molecule has 0 aliphatic rings. The van der Waals surface area contributed by atoms with Gasteiger partial charge in [-0.3, -0.25) is 9.59 Å². The van der Waals surface area contributed by atoms with Crippen molar-refractivity contribution in [1.29, 1.82) is 0 Å². The first kappa shape index (κ1) is 21.2. The van der Waals surface area contributed by atoms with Gasteiger partial charge in [0.1, 0.15) is 5.75 Å². The van der Waals surface area contributed by atoms with Gasteiger partial charge < -0.3 is 10.1 Å². The fourth-order valence-corrected chi connectivity index (χ4v) is 2.88. The van der Waals surface area contributed by atoms with Crippen molar-refractivity contribution in [2.75, 3.05) is 11.9 Å². The van der Waals surface area contributed by atoms with Crippen molar-refractivity contribution in [3.8, 4) is 5.75 Å². The Morgan fingerprint density at radius 1 is 0.964 bits per heavy atom. The number of hydrazone groups is 1. The zero-order valence-electron chi connectivity index (χ0n) is 17.1.